The van der Waals surface area contributed by atoms with Gasteiger partial charge in [0.05, 0.1) is 0 Å². The maximum atomic E-state index is 5.93. The van der Waals surface area contributed by atoms with Crippen molar-refractivity contribution in [1.82, 2.24) is 4.90 Å². The predicted molar refractivity (Wildman–Crippen MR) is 81.0 cm³/mol. The first-order valence-corrected chi connectivity index (χ1v) is 7.87. The third kappa shape index (κ3) is 2.64. The monoisotopic (exact) mass is 258 g/mol. The number of hydrogen-bond acceptors (Lipinski definition) is 2. The van der Waals surface area contributed by atoms with Crippen molar-refractivity contribution < 1.29 is 0 Å². The minimum absolute atomic E-state index is 0.511. The lowest BCUT2D eigenvalue weighted by Crippen LogP contribution is -2.36. The summed E-state index contributed by atoms with van der Waals surface area (Å²) in [7, 11) is 0. The summed E-state index contributed by atoms with van der Waals surface area (Å²) in [5.74, 6) is 0.950. The van der Waals surface area contributed by atoms with Crippen molar-refractivity contribution in [1.29, 1.82) is 0 Å². The molecule has 1 aliphatic carbocycles. The Kier molecular flexibility index (Phi) is 3.79. The summed E-state index contributed by atoms with van der Waals surface area (Å²) in [5, 5.41) is 0. The topological polar surface area (TPSA) is 29.3 Å². The highest BCUT2D eigenvalue weighted by Crippen LogP contribution is 2.39. The number of nitrogens with zero attached hydrogens (tertiary/aromatic N) is 1. The molecule has 1 aliphatic heterocycles. The van der Waals surface area contributed by atoms with E-state index in [1.807, 2.05) is 6.07 Å². The Morgan fingerprint density at radius 2 is 1.95 bits per heavy atom. The highest BCUT2D eigenvalue weighted by atomic mass is 15.2. The molecule has 3 rings (SSSR count). The van der Waals surface area contributed by atoms with Gasteiger partial charge in [-0.1, -0.05) is 25.0 Å². The van der Waals surface area contributed by atoms with E-state index >= 15 is 0 Å². The molecule has 2 atom stereocenters. The molecule has 0 spiro atoms. The average molecular weight is 258 g/mol. The molecule has 0 aromatic heterocycles. The maximum absolute atomic E-state index is 5.93. The first-order valence-electron chi connectivity index (χ1n) is 7.87. The average Bonchev–Trinajstić information content (AvgIpc) is 3.08. The Hall–Kier alpha value is -1.02. The van der Waals surface area contributed by atoms with Crippen LogP contribution >= 0.6 is 0 Å². The Morgan fingerprint density at radius 3 is 2.68 bits per heavy atom. The molecule has 2 N–H and O–H groups in total. The Bertz CT molecular complexity index is 423. The first kappa shape index (κ1) is 13.0. The van der Waals surface area contributed by atoms with Gasteiger partial charge in [-0.25, -0.2) is 0 Å². The molecule has 2 nitrogen and oxygen atoms in total. The van der Waals surface area contributed by atoms with E-state index in [4.69, 9.17) is 5.73 Å². The molecule has 1 aromatic carbocycles. The predicted octanol–water partition coefficient (Wildman–Crippen LogP) is 3.98. The van der Waals surface area contributed by atoms with Crippen LogP contribution in [0.25, 0.3) is 0 Å². The van der Waals surface area contributed by atoms with Crippen LogP contribution in [0.15, 0.2) is 24.3 Å². The van der Waals surface area contributed by atoms with Crippen LogP contribution in [0.1, 0.15) is 57.1 Å². The van der Waals surface area contributed by atoms with Crippen molar-refractivity contribution in [3.05, 3.63) is 29.8 Å². The summed E-state index contributed by atoms with van der Waals surface area (Å²) in [5.41, 5.74) is 8.20. The maximum Gasteiger partial charge on any atom is 0.0323 e. The fourth-order valence-electron chi connectivity index (χ4n) is 4.15. The molecule has 2 heteroatoms. The third-order valence-corrected chi connectivity index (χ3v) is 5.18. The molecule has 2 fully saturated rings. The van der Waals surface area contributed by atoms with Crippen LogP contribution in [-0.2, 0) is 0 Å². The Balaban J connectivity index is 1.76. The van der Waals surface area contributed by atoms with Gasteiger partial charge in [0.25, 0.3) is 0 Å². The lowest BCUT2D eigenvalue weighted by molar-refractivity contribution is 0.144. The zero-order chi connectivity index (χ0) is 13.2. The minimum Gasteiger partial charge on any atom is -0.399 e. The van der Waals surface area contributed by atoms with Crippen LogP contribution in [0.5, 0.6) is 0 Å². The standard InChI is InChI=1S/C17H26N2/c1-13(15-8-4-9-16(18)12-15)19-11-5-10-17(19)14-6-2-3-7-14/h4,8-9,12-14,17H,2-3,5-7,10-11,18H2,1H3. The van der Waals surface area contributed by atoms with E-state index in [0.29, 0.717) is 6.04 Å². The summed E-state index contributed by atoms with van der Waals surface area (Å²) >= 11 is 0. The molecular formula is C17H26N2. The molecular weight excluding hydrogens is 232 g/mol. The van der Waals surface area contributed by atoms with Crippen LogP contribution in [0.4, 0.5) is 5.69 Å². The molecule has 19 heavy (non-hydrogen) atoms. The van der Waals surface area contributed by atoms with Gasteiger partial charge in [0.15, 0.2) is 0 Å². The highest BCUT2D eigenvalue weighted by molar-refractivity contribution is 5.41. The van der Waals surface area contributed by atoms with Gasteiger partial charge in [-0.15, -0.1) is 0 Å². The normalized spacial score (nSPS) is 26.9. The molecule has 0 amide bonds. The molecule has 1 saturated heterocycles. The smallest absolute Gasteiger partial charge is 0.0323 e. The Labute approximate surface area is 117 Å². The summed E-state index contributed by atoms with van der Waals surface area (Å²) in [4.78, 5) is 2.74. The van der Waals surface area contributed by atoms with Crippen LogP contribution in [-0.4, -0.2) is 17.5 Å². The number of nitrogens with two attached hydrogens (primary N) is 1. The lowest BCUT2D eigenvalue weighted by atomic mass is 9.94. The van der Waals surface area contributed by atoms with Crippen molar-refractivity contribution in [3.63, 3.8) is 0 Å². The van der Waals surface area contributed by atoms with Gasteiger partial charge in [-0.2, -0.15) is 0 Å². The van der Waals surface area contributed by atoms with Gasteiger partial charge in [-0.3, -0.25) is 4.90 Å². The van der Waals surface area contributed by atoms with E-state index < -0.39 is 0 Å². The molecule has 1 aromatic rings. The SMILES string of the molecule is CC(c1cccc(N)c1)N1CCCC1C1CCCC1. The van der Waals surface area contributed by atoms with Crippen LogP contribution in [0.2, 0.25) is 0 Å². The molecule has 1 heterocycles. The van der Waals surface area contributed by atoms with Crippen LogP contribution in [0.3, 0.4) is 0 Å². The van der Waals surface area contributed by atoms with Crippen LogP contribution < -0.4 is 5.73 Å². The van der Waals surface area contributed by atoms with Gasteiger partial charge in [-0.05, 0) is 62.8 Å². The second-order valence-electron chi connectivity index (χ2n) is 6.34. The second-order valence-corrected chi connectivity index (χ2v) is 6.34. The Morgan fingerprint density at radius 1 is 1.16 bits per heavy atom. The first-order chi connectivity index (χ1) is 9.25. The minimum atomic E-state index is 0.511. The van der Waals surface area contributed by atoms with Gasteiger partial charge >= 0.3 is 0 Å². The van der Waals surface area contributed by atoms with Crippen molar-refractivity contribution in [3.8, 4) is 0 Å². The van der Waals surface area contributed by atoms with Gasteiger partial charge in [0.2, 0.25) is 0 Å². The summed E-state index contributed by atoms with van der Waals surface area (Å²) in [6.45, 7) is 3.61. The van der Waals surface area contributed by atoms with Crippen molar-refractivity contribution >= 4 is 5.69 Å². The fourth-order valence-corrected chi connectivity index (χ4v) is 4.15. The van der Waals surface area contributed by atoms with Gasteiger partial charge < -0.3 is 5.73 Å². The van der Waals surface area contributed by atoms with Gasteiger partial charge in [0.1, 0.15) is 0 Å². The number of rotatable bonds is 3. The van der Waals surface area contributed by atoms with E-state index in [1.165, 1.54) is 50.6 Å². The lowest BCUT2D eigenvalue weighted by Gasteiger charge is -2.34. The summed E-state index contributed by atoms with van der Waals surface area (Å²) in [6, 6.07) is 9.77. The zero-order valence-electron chi connectivity index (χ0n) is 12.0. The van der Waals surface area contributed by atoms with E-state index in [-0.39, 0.29) is 0 Å². The van der Waals surface area contributed by atoms with E-state index in [2.05, 4.69) is 30.0 Å². The number of anilines is 1. The van der Waals surface area contributed by atoms with Crippen molar-refractivity contribution in [2.75, 3.05) is 12.3 Å². The molecule has 0 radical (unpaired) electrons. The number of likely N-dealkylation sites (tertiary alicyclic amines) is 1. The summed E-state index contributed by atoms with van der Waals surface area (Å²) in [6.07, 6.45) is 8.56. The van der Waals surface area contributed by atoms with E-state index in [0.717, 1.165) is 17.6 Å². The highest BCUT2D eigenvalue weighted by Gasteiger charge is 2.35. The quantitative estimate of drug-likeness (QED) is 0.831. The molecule has 0 bridgehead atoms. The number of nitrogen functional groups attached to an aromatic ring is 1. The molecule has 2 aliphatic rings. The third-order valence-electron chi connectivity index (χ3n) is 5.18. The molecule has 1 saturated carbocycles. The summed E-state index contributed by atoms with van der Waals surface area (Å²) < 4.78 is 0. The second kappa shape index (κ2) is 5.54. The van der Waals surface area contributed by atoms with Crippen molar-refractivity contribution in [2.45, 2.75) is 57.5 Å². The largest absolute Gasteiger partial charge is 0.399 e. The molecule has 2 unspecified atom stereocenters. The van der Waals surface area contributed by atoms with E-state index in [1.54, 1.807) is 0 Å². The number of benzene rings is 1. The van der Waals surface area contributed by atoms with E-state index in [9.17, 15) is 0 Å². The number of hydrogen-bond donors (Lipinski definition) is 1. The van der Waals surface area contributed by atoms with Crippen molar-refractivity contribution in [2.24, 2.45) is 5.92 Å². The fraction of sp³-hybridized carbons (Fsp3) is 0.647. The van der Waals surface area contributed by atoms with Crippen LogP contribution in [0, 0.1) is 5.92 Å². The van der Waals surface area contributed by atoms with Gasteiger partial charge in [0, 0.05) is 17.8 Å². The zero-order valence-corrected chi connectivity index (χ0v) is 12.0. The molecule has 104 valence electrons.